The van der Waals surface area contributed by atoms with Gasteiger partial charge < -0.3 is 9.47 Å². The fourth-order valence-corrected chi connectivity index (χ4v) is 3.21. The first-order valence-corrected chi connectivity index (χ1v) is 7.62. The highest BCUT2D eigenvalue weighted by molar-refractivity contribution is 6.17. The van der Waals surface area contributed by atoms with Crippen LogP contribution in [0, 0.1) is 0 Å². The van der Waals surface area contributed by atoms with E-state index in [0.29, 0.717) is 12.3 Å². The highest BCUT2D eigenvalue weighted by Gasteiger charge is 2.48. The first-order chi connectivity index (χ1) is 9.72. The summed E-state index contributed by atoms with van der Waals surface area (Å²) in [6, 6.07) is -0.0306. The maximum absolute atomic E-state index is 11.9. The summed E-state index contributed by atoms with van der Waals surface area (Å²) in [5.41, 5.74) is 0.0967. The molecular weight excluding hydrogens is 294 g/mol. The van der Waals surface area contributed by atoms with E-state index in [-0.39, 0.29) is 23.2 Å². The Kier molecular flexibility index (Phi) is 4.31. The van der Waals surface area contributed by atoms with Gasteiger partial charge in [-0.15, -0.1) is 16.7 Å². The molecule has 2 heterocycles. The first-order valence-electron chi connectivity index (χ1n) is 7.09. The predicted molar refractivity (Wildman–Crippen MR) is 78.4 cm³/mol. The molecule has 1 aliphatic rings. The molecule has 2 rings (SSSR count). The molecule has 0 bridgehead atoms. The molecule has 118 valence electrons. The maximum atomic E-state index is 11.9. The molecule has 0 aromatic carbocycles. The number of hydrogen-bond donors (Lipinski definition) is 0. The van der Waals surface area contributed by atoms with Crippen molar-refractivity contribution in [2.24, 2.45) is 0 Å². The third kappa shape index (κ3) is 3.06. The van der Waals surface area contributed by atoms with Crippen molar-refractivity contribution in [1.29, 1.82) is 0 Å². The number of alkyl halides is 1. The van der Waals surface area contributed by atoms with Crippen molar-refractivity contribution >= 4 is 17.6 Å². The molecule has 0 spiro atoms. The van der Waals surface area contributed by atoms with Crippen molar-refractivity contribution in [3.63, 3.8) is 0 Å². The van der Waals surface area contributed by atoms with Gasteiger partial charge >= 0.3 is 5.97 Å². The molecule has 6 nitrogen and oxygen atoms in total. The van der Waals surface area contributed by atoms with Crippen molar-refractivity contribution in [2.45, 2.75) is 64.2 Å². The second-order valence-electron chi connectivity index (χ2n) is 6.37. The first kappa shape index (κ1) is 16.2. The summed E-state index contributed by atoms with van der Waals surface area (Å²) >= 11 is 6.02. The minimum Gasteiger partial charge on any atom is -0.461 e. The predicted octanol–water partition coefficient (Wildman–Crippen LogP) is 2.71. The molecule has 0 saturated carbocycles. The number of ether oxygens (including phenoxy) is 2. The van der Waals surface area contributed by atoms with Crippen LogP contribution in [0.5, 0.6) is 0 Å². The molecule has 21 heavy (non-hydrogen) atoms. The number of halogens is 1. The highest BCUT2D eigenvalue weighted by atomic mass is 35.5. The van der Waals surface area contributed by atoms with Gasteiger partial charge in [-0.1, -0.05) is 5.21 Å². The normalized spacial score (nSPS) is 23.2. The number of rotatable bonds is 4. The van der Waals surface area contributed by atoms with Crippen LogP contribution in [0.1, 0.15) is 63.3 Å². The Morgan fingerprint density at radius 1 is 1.48 bits per heavy atom. The number of carbonyl (C=O) groups excluding carboxylic acids is 1. The number of esters is 1. The van der Waals surface area contributed by atoms with E-state index in [1.807, 2.05) is 27.7 Å². The molecule has 1 atom stereocenters. The standard InChI is InChI=1S/C14H22ClN3O3/c1-6-20-12(19)11-9(8-15)18(17-16-11)10-7-13(2,3)21-14(10,4)5/h10H,6-8H2,1-5H3. The van der Waals surface area contributed by atoms with E-state index in [1.165, 1.54) is 0 Å². The lowest BCUT2D eigenvalue weighted by Gasteiger charge is -2.27. The molecule has 1 aromatic heterocycles. The van der Waals surface area contributed by atoms with Gasteiger partial charge in [0.1, 0.15) is 0 Å². The van der Waals surface area contributed by atoms with Crippen molar-refractivity contribution in [2.75, 3.05) is 6.61 Å². The minimum atomic E-state index is -0.490. The third-order valence-corrected chi connectivity index (χ3v) is 3.96. The zero-order chi connectivity index (χ0) is 15.8. The van der Waals surface area contributed by atoms with Gasteiger partial charge in [0, 0.05) is 6.42 Å². The average molecular weight is 316 g/mol. The Morgan fingerprint density at radius 2 is 2.14 bits per heavy atom. The van der Waals surface area contributed by atoms with Crippen LogP contribution in [0.3, 0.4) is 0 Å². The number of aromatic nitrogens is 3. The molecule has 0 aliphatic carbocycles. The number of hydrogen-bond acceptors (Lipinski definition) is 5. The Morgan fingerprint density at radius 3 is 2.62 bits per heavy atom. The minimum absolute atomic E-state index is 0.0306. The van der Waals surface area contributed by atoms with Crippen LogP contribution in [-0.2, 0) is 15.4 Å². The fraction of sp³-hybridized carbons (Fsp3) is 0.786. The van der Waals surface area contributed by atoms with E-state index in [4.69, 9.17) is 21.1 Å². The van der Waals surface area contributed by atoms with Crippen molar-refractivity contribution in [3.05, 3.63) is 11.4 Å². The summed E-state index contributed by atoms with van der Waals surface area (Å²) in [4.78, 5) is 11.9. The van der Waals surface area contributed by atoms with E-state index in [1.54, 1.807) is 11.6 Å². The van der Waals surface area contributed by atoms with E-state index in [2.05, 4.69) is 10.3 Å². The quantitative estimate of drug-likeness (QED) is 0.631. The second kappa shape index (κ2) is 5.57. The smallest absolute Gasteiger partial charge is 0.360 e. The van der Waals surface area contributed by atoms with Crippen LogP contribution in [0.15, 0.2) is 0 Å². The van der Waals surface area contributed by atoms with Crippen molar-refractivity contribution in [3.8, 4) is 0 Å². The summed E-state index contributed by atoms with van der Waals surface area (Å²) in [7, 11) is 0. The van der Waals surface area contributed by atoms with Crippen LogP contribution < -0.4 is 0 Å². The molecule has 7 heteroatoms. The zero-order valence-electron chi connectivity index (χ0n) is 13.1. The Bertz CT molecular complexity index is 540. The van der Waals surface area contributed by atoms with Gasteiger partial charge in [-0.2, -0.15) is 0 Å². The number of carbonyl (C=O) groups is 1. The molecule has 1 saturated heterocycles. The van der Waals surface area contributed by atoms with Gasteiger partial charge in [-0.3, -0.25) is 0 Å². The summed E-state index contributed by atoms with van der Waals surface area (Å²) in [5, 5.41) is 8.10. The summed E-state index contributed by atoms with van der Waals surface area (Å²) in [6.45, 7) is 10.1. The van der Waals surface area contributed by atoms with E-state index in [0.717, 1.165) is 6.42 Å². The molecule has 1 unspecified atom stereocenters. The maximum Gasteiger partial charge on any atom is 0.360 e. The molecule has 1 aromatic rings. The Balaban J connectivity index is 2.39. The van der Waals surface area contributed by atoms with E-state index in [9.17, 15) is 4.79 Å². The van der Waals surface area contributed by atoms with Gasteiger partial charge in [-0.05, 0) is 34.6 Å². The molecule has 1 fully saturated rings. The van der Waals surface area contributed by atoms with Gasteiger partial charge in [0.05, 0.1) is 35.4 Å². The van der Waals surface area contributed by atoms with Crippen molar-refractivity contribution in [1.82, 2.24) is 15.0 Å². The van der Waals surface area contributed by atoms with Gasteiger partial charge in [0.2, 0.25) is 0 Å². The molecule has 0 radical (unpaired) electrons. The second-order valence-corrected chi connectivity index (χ2v) is 6.64. The van der Waals surface area contributed by atoms with Crippen LogP contribution in [0.25, 0.3) is 0 Å². The molecule has 1 aliphatic heterocycles. The van der Waals surface area contributed by atoms with Gasteiger partial charge in [0.15, 0.2) is 5.69 Å². The van der Waals surface area contributed by atoms with Gasteiger partial charge in [-0.25, -0.2) is 9.48 Å². The number of nitrogens with zero attached hydrogens (tertiary/aromatic N) is 3. The molecular formula is C14H22ClN3O3. The Hall–Kier alpha value is -1.14. The topological polar surface area (TPSA) is 66.2 Å². The average Bonchev–Trinajstić information content (AvgIpc) is 2.86. The lowest BCUT2D eigenvalue weighted by Crippen LogP contribution is -2.32. The van der Waals surface area contributed by atoms with Crippen LogP contribution in [0.4, 0.5) is 0 Å². The van der Waals surface area contributed by atoms with Crippen LogP contribution in [-0.4, -0.2) is 38.8 Å². The summed E-state index contributed by atoms with van der Waals surface area (Å²) in [6.07, 6.45) is 0.773. The lowest BCUT2D eigenvalue weighted by molar-refractivity contribution is -0.0740. The third-order valence-electron chi connectivity index (χ3n) is 3.71. The SMILES string of the molecule is CCOC(=O)c1nnn(C2CC(C)(C)OC2(C)C)c1CCl. The monoisotopic (exact) mass is 315 g/mol. The van der Waals surface area contributed by atoms with Gasteiger partial charge in [0.25, 0.3) is 0 Å². The fourth-order valence-electron chi connectivity index (χ4n) is 2.96. The van der Waals surface area contributed by atoms with E-state index < -0.39 is 11.6 Å². The summed E-state index contributed by atoms with van der Waals surface area (Å²) in [5.74, 6) is -0.343. The lowest BCUT2D eigenvalue weighted by atomic mass is 9.94. The Labute approximate surface area is 129 Å². The zero-order valence-corrected chi connectivity index (χ0v) is 13.9. The largest absolute Gasteiger partial charge is 0.461 e. The molecule has 0 N–H and O–H groups in total. The van der Waals surface area contributed by atoms with Crippen molar-refractivity contribution < 1.29 is 14.3 Å². The summed E-state index contributed by atoms with van der Waals surface area (Å²) < 4.78 is 12.8. The van der Waals surface area contributed by atoms with Crippen LogP contribution >= 0.6 is 11.6 Å². The van der Waals surface area contributed by atoms with Crippen LogP contribution in [0.2, 0.25) is 0 Å². The highest BCUT2D eigenvalue weighted by Crippen LogP contribution is 2.45. The van der Waals surface area contributed by atoms with E-state index >= 15 is 0 Å². The molecule has 0 amide bonds.